The molecule has 1 saturated carbocycles. The predicted octanol–water partition coefficient (Wildman–Crippen LogP) is 2.49. The van der Waals surface area contributed by atoms with Gasteiger partial charge in [0.05, 0.1) is 12.6 Å². The highest BCUT2D eigenvalue weighted by Crippen LogP contribution is 2.29. The normalized spacial score (nSPS) is 19.1. The highest BCUT2D eigenvalue weighted by molar-refractivity contribution is 7.10. The Bertz CT molecular complexity index is 336. The van der Waals surface area contributed by atoms with Crippen LogP contribution in [0.15, 0.2) is 17.5 Å². The van der Waals surface area contributed by atoms with Gasteiger partial charge < -0.3 is 10.5 Å². The van der Waals surface area contributed by atoms with E-state index in [0.717, 1.165) is 25.7 Å². The molecule has 1 aromatic rings. The summed E-state index contributed by atoms with van der Waals surface area (Å²) >= 11 is 1.78. The van der Waals surface area contributed by atoms with Crippen LogP contribution in [-0.2, 0) is 4.74 Å². The van der Waals surface area contributed by atoms with Gasteiger partial charge in [0.15, 0.2) is 0 Å². The Balaban J connectivity index is 1.77. The average molecular weight is 268 g/mol. The molecule has 18 heavy (non-hydrogen) atoms. The van der Waals surface area contributed by atoms with E-state index in [2.05, 4.69) is 36.4 Å². The molecule has 0 bridgehead atoms. The minimum absolute atomic E-state index is 0.136. The second kappa shape index (κ2) is 6.66. The molecule has 2 atom stereocenters. The first-order valence-corrected chi connectivity index (χ1v) is 7.63. The number of thiophene rings is 1. The zero-order valence-corrected chi connectivity index (χ0v) is 12.2. The molecule has 0 aliphatic heterocycles. The van der Waals surface area contributed by atoms with Crippen molar-refractivity contribution in [2.24, 2.45) is 11.7 Å². The number of ether oxygens (including phenoxy) is 1. The molecule has 1 aromatic heterocycles. The van der Waals surface area contributed by atoms with Crippen molar-refractivity contribution in [1.29, 1.82) is 0 Å². The molecular formula is C14H24N2OS. The topological polar surface area (TPSA) is 38.5 Å². The van der Waals surface area contributed by atoms with Gasteiger partial charge in [-0.15, -0.1) is 11.3 Å². The van der Waals surface area contributed by atoms with Gasteiger partial charge in [0.2, 0.25) is 0 Å². The third kappa shape index (κ3) is 4.05. The van der Waals surface area contributed by atoms with Crippen molar-refractivity contribution in [2.45, 2.75) is 31.8 Å². The molecule has 2 N–H and O–H groups in total. The van der Waals surface area contributed by atoms with E-state index in [9.17, 15) is 0 Å². The summed E-state index contributed by atoms with van der Waals surface area (Å²) in [5.74, 6) is 0.844. The second-order valence-corrected chi connectivity index (χ2v) is 6.30. The number of rotatable bonds is 8. The Labute approximate surface area is 114 Å². The molecule has 2 rings (SSSR count). The van der Waals surface area contributed by atoms with Gasteiger partial charge in [0.1, 0.15) is 0 Å². The number of hydrogen-bond acceptors (Lipinski definition) is 4. The lowest BCUT2D eigenvalue weighted by Gasteiger charge is -2.30. The first kappa shape index (κ1) is 14.0. The van der Waals surface area contributed by atoms with Gasteiger partial charge in [-0.1, -0.05) is 6.07 Å². The van der Waals surface area contributed by atoms with Crippen LogP contribution in [0, 0.1) is 5.92 Å². The van der Waals surface area contributed by atoms with E-state index in [1.54, 1.807) is 11.3 Å². The number of nitrogens with zero attached hydrogens (tertiary/aromatic N) is 1. The maximum atomic E-state index is 6.12. The van der Waals surface area contributed by atoms with Crippen LogP contribution in [0.3, 0.4) is 0 Å². The summed E-state index contributed by atoms with van der Waals surface area (Å²) in [6.07, 6.45) is 2.71. The average Bonchev–Trinajstić information content (AvgIpc) is 3.00. The maximum absolute atomic E-state index is 6.12. The van der Waals surface area contributed by atoms with Gasteiger partial charge in [-0.25, -0.2) is 0 Å². The monoisotopic (exact) mass is 268 g/mol. The SMILES string of the molecule is CC(N)C(c1cccs1)N(C)CCOCC1CC1. The zero-order valence-electron chi connectivity index (χ0n) is 11.3. The van der Waals surface area contributed by atoms with E-state index in [0.29, 0.717) is 6.04 Å². The second-order valence-electron chi connectivity index (χ2n) is 5.32. The van der Waals surface area contributed by atoms with Crippen LogP contribution in [0.4, 0.5) is 0 Å². The van der Waals surface area contributed by atoms with Crippen LogP contribution in [0.1, 0.15) is 30.7 Å². The van der Waals surface area contributed by atoms with Gasteiger partial charge >= 0.3 is 0 Å². The Hall–Kier alpha value is -0.420. The van der Waals surface area contributed by atoms with E-state index in [1.807, 2.05) is 0 Å². The van der Waals surface area contributed by atoms with Crippen LogP contribution in [-0.4, -0.2) is 37.7 Å². The molecule has 0 saturated heterocycles. The van der Waals surface area contributed by atoms with Gasteiger partial charge in [0, 0.05) is 24.1 Å². The molecule has 0 aromatic carbocycles. The summed E-state index contributed by atoms with van der Waals surface area (Å²) in [7, 11) is 2.13. The fraction of sp³-hybridized carbons (Fsp3) is 0.714. The quantitative estimate of drug-likeness (QED) is 0.736. The predicted molar refractivity (Wildman–Crippen MR) is 76.9 cm³/mol. The first-order valence-electron chi connectivity index (χ1n) is 6.75. The van der Waals surface area contributed by atoms with Crippen LogP contribution in [0.5, 0.6) is 0 Å². The lowest BCUT2D eigenvalue weighted by Crippen LogP contribution is -2.38. The van der Waals surface area contributed by atoms with Crippen molar-refractivity contribution in [3.8, 4) is 0 Å². The number of likely N-dealkylation sites (N-methyl/N-ethyl adjacent to an activating group) is 1. The Morgan fingerprint density at radius 3 is 2.89 bits per heavy atom. The Kier molecular flexibility index (Phi) is 5.18. The van der Waals surface area contributed by atoms with Crippen molar-refractivity contribution < 1.29 is 4.74 Å². The van der Waals surface area contributed by atoms with E-state index in [1.165, 1.54) is 17.7 Å². The minimum Gasteiger partial charge on any atom is -0.380 e. The van der Waals surface area contributed by atoms with Crippen LogP contribution >= 0.6 is 11.3 Å². The van der Waals surface area contributed by atoms with Crippen molar-refractivity contribution in [3.05, 3.63) is 22.4 Å². The summed E-state index contributed by atoms with van der Waals surface area (Å²) in [6, 6.07) is 4.69. The van der Waals surface area contributed by atoms with Crippen LogP contribution < -0.4 is 5.73 Å². The summed E-state index contributed by atoms with van der Waals surface area (Å²) in [6.45, 7) is 4.76. The molecule has 4 heteroatoms. The summed E-state index contributed by atoms with van der Waals surface area (Å²) in [4.78, 5) is 3.65. The molecule has 0 radical (unpaired) electrons. The van der Waals surface area contributed by atoms with Gasteiger partial charge in [-0.05, 0) is 44.2 Å². The molecule has 2 unspecified atom stereocenters. The summed E-state index contributed by atoms with van der Waals surface area (Å²) in [5, 5.41) is 2.11. The number of hydrogen-bond donors (Lipinski definition) is 1. The van der Waals surface area contributed by atoms with E-state index >= 15 is 0 Å². The van der Waals surface area contributed by atoms with Gasteiger partial charge in [-0.3, -0.25) is 4.90 Å². The van der Waals surface area contributed by atoms with E-state index in [-0.39, 0.29) is 6.04 Å². The minimum atomic E-state index is 0.136. The molecule has 1 aliphatic rings. The molecule has 1 fully saturated rings. The van der Waals surface area contributed by atoms with Crippen molar-refractivity contribution in [1.82, 2.24) is 4.90 Å². The first-order chi connectivity index (χ1) is 8.68. The van der Waals surface area contributed by atoms with Crippen molar-refractivity contribution >= 4 is 11.3 Å². The lowest BCUT2D eigenvalue weighted by atomic mass is 10.1. The summed E-state index contributed by atoms with van der Waals surface area (Å²) < 4.78 is 5.70. The van der Waals surface area contributed by atoms with Crippen LogP contribution in [0.2, 0.25) is 0 Å². The molecule has 3 nitrogen and oxygen atoms in total. The largest absolute Gasteiger partial charge is 0.380 e. The third-order valence-corrected chi connectivity index (χ3v) is 4.39. The summed E-state index contributed by atoms with van der Waals surface area (Å²) in [5.41, 5.74) is 6.12. The molecule has 1 aliphatic carbocycles. The van der Waals surface area contributed by atoms with E-state index < -0.39 is 0 Å². The van der Waals surface area contributed by atoms with Gasteiger partial charge in [-0.2, -0.15) is 0 Å². The smallest absolute Gasteiger partial charge is 0.0593 e. The molecule has 0 amide bonds. The fourth-order valence-electron chi connectivity index (χ4n) is 2.22. The fourth-order valence-corrected chi connectivity index (χ4v) is 3.22. The van der Waals surface area contributed by atoms with Crippen molar-refractivity contribution in [2.75, 3.05) is 26.8 Å². The molecule has 0 spiro atoms. The van der Waals surface area contributed by atoms with E-state index in [4.69, 9.17) is 10.5 Å². The number of nitrogens with two attached hydrogens (primary N) is 1. The van der Waals surface area contributed by atoms with Crippen molar-refractivity contribution in [3.63, 3.8) is 0 Å². The zero-order chi connectivity index (χ0) is 13.0. The Morgan fingerprint density at radius 2 is 2.33 bits per heavy atom. The molecular weight excluding hydrogens is 244 g/mol. The lowest BCUT2D eigenvalue weighted by molar-refractivity contribution is 0.0882. The molecule has 1 heterocycles. The highest BCUT2D eigenvalue weighted by atomic mass is 32.1. The van der Waals surface area contributed by atoms with Gasteiger partial charge in [0.25, 0.3) is 0 Å². The van der Waals surface area contributed by atoms with Crippen LogP contribution in [0.25, 0.3) is 0 Å². The Morgan fingerprint density at radius 1 is 1.56 bits per heavy atom. The molecule has 102 valence electrons. The third-order valence-electron chi connectivity index (χ3n) is 3.45. The standard InChI is InChI=1S/C14H24N2OS/c1-11(15)14(13-4-3-9-18-13)16(2)7-8-17-10-12-5-6-12/h3-4,9,11-12,14H,5-8,10,15H2,1-2H3. The maximum Gasteiger partial charge on any atom is 0.0593 e. The highest BCUT2D eigenvalue weighted by Gasteiger charge is 2.23.